The van der Waals surface area contributed by atoms with E-state index in [1.807, 2.05) is 0 Å². The number of ether oxygens (including phenoxy) is 1. The molecule has 0 aromatic carbocycles. The van der Waals surface area contributed by atoms with Crippen molar-refractivity contribution in [2.75, 3.05) is 26.8 Å². The number of nitrogens with zero attached hydrogens (tertiary/aromatic N) is 2. The molecular formula is C14H29N3O. The van der Waals surface area contributed by atoms with Gasteiger partial charge in [0, 0.05) is 38.7 Å². The predicted molar refractivity (Wildman–Crippen MR) is 75.2 cm³/mol. The Balaban J connectivity index is 4.89. The summed E-state index contributed by atoms with van der Waals surface area (Å²) in [4.78, 5) is 2.31. The normalized spacial score (nSPS) is 15.4. The van der Waals surface area contributed by atoms with Crippen molar-refractivity contribution in [2.24, 2.45) is 11.1 Å². The molecule has 4 nitrogen and oxygen atoms in total. The van der Waals surface area contributed by atoms with Crippen LogP contribution in [0.3, 0.4) is 0 Å². The first-order valence-electron chi connectivity index (χ1n) is 6.74. The molecular weight excluding hydrogens is 226 g/mol. The van der Waals surface area contributed by atoms with Crippen molar-refractivity contribution in [3.8, 4) is 6.07 Å². The van der Waals surface area contributed by atoms with E-state index in [9.17, 15) is 0 Å². The molecule has 0 saturated carbocycles. The summed E-state index contributed by atoms with van der Waals surface area (Å²) in [5.41, 5.74) is 6.38. The number of nitrogens with two attached hydrogens (primary N) is 1. The summed E-state index contributed by atoms with van der Waals surface area (Å²) in [7, 11) is 1.70. The Morgan fingerprint density at radius 2 is 1.94 bits per heavy atom. The Bertz CT molecular complexity index is 255. The van der Waals surface area contributed by atoms with Crippen molar-refractivity contribution in [3.05, 3.63) is 0 Å². The van der Waals surface area contributed by atoms with Crippen LogP contribution in [0.2, 0.25) is 0 Å². The van der Waals surface area contributed by atoms with Gasteiger partial charge in [-0.2, -0.15) is 5.26 Å². The van der Waals surface area contributed by atoms with E-state index in [0.717, 1.165) is 19.5 Å². The van der Waals surface area contributed by atoms with Crippen LogP contribution in [0.25, 0.3) is 0 Å². The number of methoxy groups -OCH3 is 1. The fourth-order valence-corrected chi connectivity index (χ4v) is 2.48. The van der Waals surface area contributed by atoms with E-state index < -0.39 is 0 Å². The van der Waals surface area contributed by atoms with Crippen molar-refractivity contribution in [1.82, 2.24) is 4.90 Å². The molecule has 4 heteroatoms. The molecule has 0 heterocycles. The van der Waals surface area contributed by atoms with Gasteiger partial charge in [-0.25, -0.2) is 0 Å². The summed E-state index contributed by atoms with van der Waals surface area (Å²) < 4.78 is 5.16. The van der Waals surface area contributed by atoms with Crippen molar-refractivity contribution < 1.29 is 4.74 Å². The fraction of sp³-hybridized carbons (Fsp3) is 0.929. The van der Waals surface area contributed by atoms with Crippen LogP contribution in [0.5, 0.6) is 0 Å². The average Bonchev–Trinajstić information content (AvgIpc) is 2.30. The molecule has 0 aliphatic carbocycles. The van der Waals surface area contributed by atoms with Crippen molar-refractivity contribution in [2.45, 2.75) is 52.6 Å². The van der Waals surface area contributed by atoms with Crippen molar-refractivity contribution in [3.63, 3.8) is 0 Å². The lowest BCUT2D eigenvalue weighted by Crippen LogP contribution is -2.55. The molecule has 0 amide bonds. The van der Waals surface area contributed by atoms with Gasteiger partial charge in [0.05, 0.1) is 12.7 Å². The van der Waals surface area contributed by atoms with Gasteiger partial charge in [-0.05, 0) is 11.8 Å². The lowest BCUT2D eigenvalue weighted by atomic mass is 9.80. The highest BCUT2D eigenvalue weighted by Crippen LogP contribution is 2.27. The molecule has 106 valence electrons. The van der Waals surface area contributed by atoms with Crippen LogP contribution in [0.4, 0.5) is 0 Å². The quantitative estimate of drug-likeness (QED) is 0.720. The first-order chi connectivity index (χ1) is 8.38. The van der Waals surface area contributed by atoms with Crippen LogP contribution in [-0.2, 0) is 4.74 Å². The molecule has 0 rings (SSSR count). The van der Waals surface area contributed by atoms with E-state index >= 15 is 0 Å². The van der Waals surface area contributed by atoms with Crippen LogP contribution in [0.15, 0.2) is 0 Å². The van der Waals surface area contributed by atoms with Crippen LogP contribution in [-0.4, -0.2) is 43.8 Å². The number of nitriles is 1. The van der Waals surface area contributed by atoms with E-state index in [1.54, 1.807) is 7.11 Å². The van der Waals surface area contributed by atoms with Crippen LogP contribution < -0.4 is 5.73 Å². The minimum absolute atomic E-state index is 0.0959. The SMILES string of the molecule is CCC(N)C(N(CCC#N)CCOC)C(C)(C)C. The van der Waals surface area contributed by atoms with Gasteiger partial charge in [-0.3, -0.25) is 4.90 Å². The van der Waals surface area contributed by atoms with Gasteiger partial charge in [0.15, 0.2) is 0 Å². The van der Waals surface area contributed by atoms with Crippen LogP contribution >= 0.6 is 0 Å². The average molecular weight is 255 g/mol. The maximum Gasteiger partial charge on any atom is 0.0635 e. The van der Waals surface area contributed by atoms with Crippen LogP contribution in [0.1, 0.15) is 40.5 Å². The Hall–Kier alpha value is -0.630. The zero-order valence-corrected chi connectivity index (χ0v) is 12.6. The molecule has 0 aromatic heterocycles. The third-order valence-corrected chi connectivity index (χ3v) is 3.25. The molecule has 0 aliphatic rings. The summed E-state index contributed by atoms with van der Waals surface area (Å²) in [6, 6.07) is 2.61. The Morgan fingerprint density at radius 1 is 1.33 bits per heavy atom. The molecule has 2 unspecified atom stereocenters. The maximum absolute atomic E-state index is 8.78. The zero-order chi connectivity index (χ0) is 14.2. The van der Waals surface area contributed by atoms with Gasteiger partial charge in [0.2, 0.25) is 0 Å². The van der Waals surface area contributed by atoms with Crippen LogP contribution in [0, 0.1) is 16.7 Å². The predicted octanol–water partition coefficient (Wildman–Crippen LogP) is 2.00. The van der Waals surface area contributed by atoms with Crippen molar-refractivity contribution in [1.29, 1.82) is 5.26 Å². The van der Waals surface area contributed by atoms with E-state index in [1.165, 1.54) is 0 Å². The van der Waals surface area contributed by atoms with E-state index in [2.05, 4.69) is 38.7 Å². The van der Waals surface area contributed by atoms with Gasteiger partial charge in [0.25, 0.3) is 0 Å². The summed E-state index contributed by atoms with van der Waals surface area (Å²) >= 11 is 0. The third-order valence-electron chi connectivity index (χ3n) is 3.25. The smallest absolute Gasteiger partial charge is 0.0635 e. The number of rotatable bonds is 8. The summed E-state index contributed by atoms with van der Waals surface area (Å²) in [6.07, 6.45) is 1.48. The van der Waals surface area contributed by atoms with E-state index in [0.29, 0.717) is 13.0 Å². The fourth-order valence-electron chi connectivity index (χ4n) is 2.48. The lowest BCUT2D eigenvalue weighted by Gasteiger charge is -2.43. The molecule has 0 radical (unpaired) electrons. The highest BCUT2D eigenvalue weighted by molar-refractivity contribution is 4.91. The van der Waals surface area contributed by atoms with Gasteiger partial charge in [0.1, 0.15) is 0 Å². The standard InChI is InChI=1S/C14H29N3O/c1-6-12(16)13(14(2,3)4)17(9-7-8-15)10-11-18-5/h12-13H,6-7,9-11,16H2,1-5H3. The third kappa shape index (κ3) is 5.81. The van der Waals surface area contributed by atoms with Crippen molar-refractivity contribution >= 4 is 0 Å². The summed E-state index contributed by atoms with van der Waals surface area (Å²) in [5.74, 6) is 0. The van der Waals surface area contributed by atoms with Gasteiger partial charge in [-0.1, -0.05) is 27.7 Å². The second-order valence-corrected chi connectivity index (χ2v) is 5.82. The molecule has 18 heavy (non-hydrogen) atoms. The molecule has 0 fully saturated rings. The minimum atomic E-state index is 0.0959. The molecule has 0 saturated heterocycles. The van der Waals surface area contributed by atoms with E-state index in [4.69, 9.17) is 15.7 Å². The Labute approximate surface area is 112 Å². The van der Waals surface area contributed by atoms with Gasteiger partial charge < -0.3 is 10.5 Å². The second kappa shape index (κ2) is 8.47. The monoisotopic (exact) mass is 255 g/mol. The Morgan fingerprint density at radius 3 is 2.33 bits per heavy atom. The second-order valence-electron chi connectivity index (χ2n) is 5.82. The molecule has 2 atom stereocenters. The minimum Gasteiger partial charge on any atom is -0.383 e. The lowest BCUT2D eigenvalue weighted by molar-refractivity contribution is 0.0525. The number of hydrogen-bond donors (Lipinski definition) is 1. The van der Waals surface area contributed by atoms with E-state index in [-0.39, 0.29) is 17.5 Å². The molecule has 0 bridgehead atoms. The molecule has 2 N–H and O–H groups in total. The highest BCUT2D eigenvalue weighted by Gasteiger charge is 2.33. The largest absolute Gasteiger partial charge is 0.383 e. The topological polar surface area (TPSA) is 62.3 Å². The maximum atomic E-state index is 8.78. The molecule has 0 aromatic rings. The summed E-state index contributed by atoms with van der Waals surface area (Å²) in [5, 5.41) is 8.78. The first kappa shape index (κ1) is 17.4. The summed E-state index contributed by atoms with van der Waals surface area (Å²) in [6.45, 7) is 11.0. The highest BCUT2D eigenvalue weighted by atomic mass is 16.5. The molecule has 0 spiro atoms. The first-order valence-corrected chi connectivity index (χ1v) is 6.74. The van der Waals surface area contributed by atoms with Gasteiger partial charge in [-0.15, -0.1) is 0 Å². The number of hydrogen-bond acceptors (Lipinski definition) is 4. The Kier molecular flexibility index (Phi) is 8.17. The zero-order valence-electron chi connectivity index (χ0n) is 12.6. The molecule has 0 aliphatic heterocycles. The van der Waals surface area contributed by atoms with Gasteiger partial charge >= 0.3 is 0 Å².